The molecule has 0 aliphatic rings. The molecule has 0 radical (unpaired) electrons. The van der Waals surface area contributed by atoms with E-state index in [0.717, 1.165) is 0 Å². The predicted molar refractivity (Wildman–Crippen MR) is 37.7 cm³/mol. The zero-order chi connectivity index (χ0) is 2.00. The van der Waals surface area contributed by atoms with Gasteiger partial charge in [0.05, 0.1) is 0 Å². The molecule has 0 atom stereocenters. The van der Waals surface area contributed by atoms with E-state index in [0.29, 0.717) is 0 Å². The molecule has 0 aliphatic carbocycles. The fourth-order valence-corrected chi connectivity index (χ4v) is 0. The molecule has 0 aromatic heterocycles. The number of hydrogen-bond donors (Lipinski definition) is 2. The van der Waals surface area contributed by atoms with E-state index in [4.69, 9.17) is 4.55 Å². The Balaban J connectivity index is -0.000000000179. The van der Waals surface area contributed by atoms with Crippen molar-refractivity contribution in [1.82, 2.24) is 0 Å². The van der Waals surface area contributed by atoms with Crippen molar-refractivity contribution in [2.75, 3.05) is 0 Å². The summed E-state index contributed by atoms with van der Waals surface area (Å²) in [5.74, 6) is 0. The second-order valence-corrected chi connectivity index (χ2v) is 0. The van der Waals surface area contributed by atoms with Gasteiger partial charge in [-0.05, 0) is 12.9 Å². The standard InChI is InChI=1S/Ba.H2OS.5H2O.2H/c;1-2;;;;;;;/h;1-2H;5*1H2;;/q+2;;;;;;;2*-1. The van der Waals surface area contributed by atoms with E-state index in [1.165, 1.54) is 0 Å². The van der Waals surface area contributed by atoms with Crippen molar-refractivity contribution in [1.29, 1.82) is 0 Å². The molecule has 0 unspecified atom stereocenters. The summed E-state index contributed by atoms with van der Waals surface area (Å²) in [6.07, 6.45) is 0. The minimum atomic E-state index is 0. The molecule has 0 fully saturated rings. The van der Waals surface area contributed by atoms with E-state index in [1.807, 2.05) is 0 Å². The summed E-state index contributed by atoms with van der Waals surface area (Å²) < 4.78 is 6.69. The number of hydrogen-bond acceptors (Lipinski definition) is 2. The zero-order valence-corrected chi connectivity index (χ0v) is 9.44. The fourth-order valence-electron chi connectivity index (χ4n) is 0. The van der Waals surface area contributed by atoms with Crippen LogP contribution < -0.4 is 0 Å². The summed E-state index contributed by atoms with van der Waals surface area (Å²) in [7, 11) is 0. The average molecular weight is 280 g/mol. The van der Waals surface area contributed by atoms with E-state index in [1.54, 1.807) is 0 Å². The third kappa shape index (κ3) is 121. The van der Waals surface area contributed by atoms with Gasteiger partial charge in [-0.15, -0.1) is 0 Å². The average Bonchev–Trinajstić information content (AvgIpc) is 1.00. The first kappa shape index (κ1) is 101. The molecule has 0 heterocycles. The van der Waals surface area contributed by atoms with Crippen molar-refractivity contribution in [3.05, 3.63) is 0 Å². The smallest absolute Gasteiger partial charge is 1.00 e. The molecule has 0 saturated heterocycles. The summed E-state index contributed by atoms with van der Waals surface area (Å²) in [5, 5.41) is 0. The van der Waals surface area contributed by atoms with Crippen LogP contribution in [0, 0.1) is 0 Å². The summed E-state index contributed by atoms with van der Waals surface area (Å²) in [6, 6.07) is 0. The SMILES string of the molecule is O.O.O.O.O.OS.[Ba+2].[H-].[H-]. The normalized spacial score (nSPS) is 0.750. The van der Waals surface area contributed by atoms with Crippen LogP contribution in [0.3, 0.4) is 0 Å². The summed E-state index contributed by atoms with van der Waals surface area (Å²) >= 11 is 2.53. The van der Waals surface area contributed by atoms with Crippen molar-refractivity contribution >= 4 is 61.8 Å². The first-order valence-corrected chi connectivity index (χ1v) is 0.600. The molecule has 8 heavy (non-hydrogen) atoms. The Bertz CT molecular complexity index is 15.7. The molecule has 0 aromatic rings. The Hall–Kier alpha value is 1.68. The van der Waals surface area contributed by atoms with Gasteiger partial charge in [-0.25, -0.2) is 0 Å². The summed E-state index contributed by atoms with van der Waals surface area (Å²) in [4.78, 5) is 0. The first-order valence-electron chi connectivity index (χ1n) is 0.200. The second-order valence-electron chi connectivity index (χ2n) is 0. The topological polar surface area (TPSA) is 178 Å². The molecule has 0 aliphatic heterocycles. The molecular formula is H14BaO6S. The minimum absolute atomic E-state index is 0. The van der Waals surface area contributed by atoms with Crippen molar-refractivity contribution in [3.63, 3.8) is 0 Å². The van der Waals surface area contributed by atoms with Gasteiger partial charge in [0.25, 0.3) is 0 Å². The zero-order valence-electron chi connectivity index (χ0n) is 6.10. The quantitative estimate of drug-likeness (QED) is 0.257. The molecular weight excluding hydrogens is 265 g/mol. The second kappa shape index (κ2) is 181. The minimum Gasteiger partial charge on any atom is -1.00 e. The molecule has 0 saturated carbocycles. The monoisotopic (exact) mass is 280 g/mol. The van der Waals surface area contributed by atoms with E-state index < -0.39 is 0 Å². The molecule has 6 nitrogen and oxygen atoms in total. The van der Waals surface area contributed by atoms with Crippen LogP contribution in [0.1, 0.15) is 2.85 Å². The van der Waals surface area contributed by atoms with Crippen LogP contribution in [-0.4, -0.2) is 80.8 Å². The Labute approximate surface area is 95.5 Å². The van der Waals surface area contributed by atoms with Gasteiger partial charge in [-0.3, -0.25) is 0 Å². The molecule has 0 amide bonds. The summed E-state index contributed by atoms with van der Waals surface area (Å²) in [6.45, 7) is 0. The van der Waals surface area contributed by atoms with Crippen LogP contribution in [0.15, 0.2) is 0 Å². The Morgan fingerprint density at radius 3 is 0.750 bits per heavy atom. The Morgan fingerprint density at radius 1 is 0.750 bits per heavy atom. The van der Waals surface area contributed by atoms with Crippen LogP contribution in [0.25, 0.3) is 0 Å². The largest absolute Gasteiger partial charge is 2.00 e. The van der Waals surface area contributed by atoms with Crippen LogP contribution in [0.2, 0.25) is 0 Å². The first-order chi connectivity index (χ1) is 1.00. The van der Waals surface area contributed by atoms with Crippen LogP contribution in [0.5, 0.6) is 0 Å². The molecule has 0 aromatic carbocycles. The van der Waals surface area contributed by atoms with Crippen molar-refractivity contribution in [2.24, 2.45) is 0 Å². The maximum atomic E-state index is 6.69. The molecule has 11 N–H and O–H groups in total. The van der Waals surface area contributed by atoms with Crippen molar-refractivity contribution in [3.8, 4) is 0 Å². The van der Waals surface area contributed by atoms with E-state index in [2.05, 4.69) is 12.9 Å². The maximum Gasteiger partial charge on any atom is 2.00 e. The van der Waals surface area contributed by atoms with Crippen molar-refractivity contribution in [2.45, 2.75) is 0 Å². The van der Waals surface area contributed by atoms with Gasteiger partial charge < -0.3 is 34.8 Å². The van der Waals surface area contributed by atoms with Crippen LogP contribution in [0.4, 0.5) is 0 Å². The Morgan fingerprint density at radius 2 is 0.750 bits per heavy atom. The van der Waals surface area contributed by atoms with Crippen molar-refractivity contribution < 1.29 is 34.8 Å². The fraction of sp³-hybridized carbons (Fsp3) is 0. The number of thiol groups is 1. The van der Waals surface area contributed by atoms with Gasteiger partial charge in [0.1, 0.15) is 0 Å². The molecule has 0 rings (SSSR count). The summed E-state index contributed by atoms with van der Waals surface area (Å²) in [5.41, 5.74) is 0. The third-order valence-electron chi connectivity index (χ3n) is 0. The van der Waals surface area contributed by atoms with E-state index in [-0.39, 0.29) is 79.1 Å². The van der Waals surface area contributed by atoms with Crippen LogP contribution >= 0.6 is 12.9 Å². The van der Waals surface area contributed by atoms with E-state index >= 15 is 0 Å². The van der Waals surface area contributed by atoms with Gasteiger partial charge in [0.15, 0.2) is 0 Å². The van der Waals surface area contributed by atoms with Crippen LogP contribution in [-0.2, 0) is 0 Å². The van der Waals surface area contributed by atoms with Gasteiger partial charge in [-0.2, -0.15) is 0 Å². The van der Waals surface area contributed by atoms with E-state index in [9.17, 15) is 0 Å². The molecule has 58 valence electrons. The predicted octanol–water partition coefficient (Wildman–Crippen LogP) is -3.89. The third-order valence-corrected chi connectivity index (χ3v) is 0. The molecule has 0 bridgehead atoms. The van der Waals surface area contributed by atoms with Gasteiger partial charge in [0.2, 0.25) is 0 Å². The van der Waals surface area contributed by atoms with Gasteiger partial charge in [0, 0.05) is 0 Å². The van der Waals surface area contributed by atoms with Gasteiger partial charge >= 0.3 is 48.9 Å². The van der Waals surface area contributed by atoms with Gasteiger partial charge in [-0.1, -0.05) is 0 Å². The number of rotatable bonds is 0. The maximum absolute atomic E-state index is 6.69. The Kier molecular flexibility index (Phi) is 2300. The molecule has 0 spiro atoms. The molecule has 8 heteroatoms.